The number of rotatable bonds is 4. The van der Waals surface area contributed by atoms with Gasteiger partial charge in [-0.2, -0.15) is 4.68 Å². The van der Waals surface area contributed by atoms with Crippen LogP contribution in [0.2, 0.25) is 0 Å². The summed E-state index contributed by atoms with van der Waals surface area (Å²) in [7, 11) is 0. The van der Waals surface area contributed by atoms with Crippen molar-refractivity contribution in [2.45, 2.75) is 37.6 Å². The summed E-state index contributed by atoms with van der Waals surface area (Å²) in [4.78, 5) is 18.1. The Kier molecular flexibility index (Phi) is 6.05. The molecule has 1 aliphatic heterocycles. The molecule has 1 aromatic heterocycles. The van der Waals surface area contributed by atoms with Crippen molar-refractivity contribution in [3.8, 4) is 0 Å². The average Bonchev–Trinajstić information content (AvgIpc) is 3.38. The van der Waals surface area contributed by atoms with E-state index in [-0.39, 0.29) is 5.91 Å². The van der Waals surface area contributed by atoms with Crippen LogP contribution in [-0.2, 0) is 0 Å². The highest BCUT2D eigenvalue weighted by molar-refractivity contribution is 6.00. The number of aromatic nitrogens is 3. The van der Waals surface area contributed by atoms with Crippen LogP contribution >= 0.6 is 0 Å². The van der Waals surface area contributed by atoms with Gasteiger partial charge in [0.2, 0.25) is 0 Å². The van der Waals surface area contributed by atoms with Crippen LogP contribution in [-0.4, -0.2) is 58.0 Å². The zero-order valence-electron chi connectivity index (χ0n) is 20.0. The fourth-order valence-corrected chi connectivity index (χ4v) is 5.80. The van der Waals surface area contributed by atoms with Gasteiger partial charge in [-0.1, -0.05) is 47.7 Å². The van der Waals surface area contributed by atoms with Crippen molar-refractivity contribution >= 4 is 22.6 Å². The van der Waals surface area contributed by atoms with Crippen molar-refractivity contribution in [2.75, 3.05) is 31.1 Å². The predicted molar refractivity (Wildman–Crippen MR) is 139 cm³/mol. The van der Waals surface area contributed by atoms with Gasteiger partial charge in [0.15, 0.2) is 0 Å². The average molecular weight is 466 g/mol. The van der Waals surface area contributed by atoms with E-state index >= 15 is 0 Å². The van der Waals surface area contributed by atoms with Crippen LogP contribution < -0.4 is 4.90 Å². The molecule has 0 atom stereocenters. The molecule has 6 nitrogen and oxygen atoms in total. The van der Waals surface area contributed by atoms with E-state index in [1.165, 1.54) is 41.6 Å². The van der Waals surface area contributed by atoms with Crippen molar-refractivity contribution in [3.05, 3.63) is 90.0 Å². The first-order valence-corrected chi connectivity index (χ1v) is 12.8. The Hall–Kier alpha value is -3.51. The number of fused-ring (bicyclic) bond motifs is 1. The van der Waals surface area contributed by atoms with Crippen LogP contribution in [0, 0.1) is 0 Å². The zero-order valence-corrected chi connectivity index (χ0v) is 20.0. The maximum absolute atomic E-state index is 13.0. The molecule has 2 aliphatic rings. The van der Waals surface area contributed by atoms with Gasteiger partial charge in [0, 0.05) is 43.5 Å². The molecule has 3 aromatic carbocycles. The van der Waals surface area contributed by atoms with E-state index < -0.39 is 0 Å². The second-order valence-corrected chi connectivity index (χ2v) is 9.78. The molecule has 0 radical (unpaired) electrons. The van der Waals surface area contributed by atoms with Gasteiger partial charge in [0.25, 0.3) is 5.91 Å². The van der Waals surface area contributed by atoms with Crippen LogP contribution in [0.4, 0.5) is 5.69 Å². The summed E-state index contributed by atoms with van der Waals surface area (Å²) in [5.41, 5.74) is 4.77. The maximum atomic E-state index is 13.0. The summed E-state index contributed by atoms with van der Waals surface area (Å²) in [6.07, 6.45) is 5.19. The number of nitrogens with zero attached hydrogens (tertiary/aromatic N) is 5. The number of piperazine rings is 1. The van der Waals surface area contributed by atoms with Crippen molar-refractivity contribution in [1.29, 1.82) is 0 Å². The molecule has 2 fully saturated rings. The molecular formula is C29H31N5O. The normalized spacial score (nSPS) is 21.3. The standard InChI is InChI=1S/C29H31N5O/c35-29(34-28-9-5-4-8-27(28)30-31-34)24-12-16-26(17-13-24)33-20-18-32(19-21-33)25-14-10-23(11-15-25)22-6-2-1-3-7-22/h1-9,12-13,16-17,23,25H,10-11,14-15,18-21H2. The predicted octanol–water partition coefficient (Wildman–Crippen LogP) is 4.97. The summed E-state index contributed by atoms with van der Waals surface area (Å²) in [5.74, 6) is 0.576. The molecule has 1 saturated carbocycles. The van der Waals surface area contributed by atoms with Gasteiger partial charge < -0.3 is 4.90 Å². The van der Waals surface area contributed by atoms with E-state index in [4.69, 9.17) is 0 Å². The second kappa shape index (κ2) is 9.62. The monoisotopic (exact) mass is 465 g/mol. The van der Waals surface area contributed by atoms with E-state index in [0.717, 1.165) is 49.2 Å². The summed E-state index contributed by atoms with van der Waals surface area (Å²) in [6, 6.07) is 27.2. The number of para-hydroxylation sites is 1. The van der Waals surface area contributed by atoms with Gasteiger partial charge in [0.05, 0.1) is 5.52 Å². The fraction of sp³-hybridized carbons (Fsp3) is 0.345. The van der Waals surface area contributed by atoms with Crippen molar-refractivity contribution in [2.24, 2.45) is 0 Å². The van der Waals surface area contributed by atoms with E-state index in [9.17, 15) is 4.79 Å². The fourth-order valence-electron chi connectivity index (χ4n) is 5.80. The Labute approximate surface area is 206 Å². The lowest BCUT2D eigenvalue weighted by atomic mass is 9.81. The molecule has 0 amide bonds. The molecular weight excluding hydrogens is 434 g/mol. The molecule has 0 bridgehead atoms. The van der Waals surface area contributed by atoms with Crippen LogP contribution in [0.15, 0.2) is 78.9 Å². The SMILES string of the molecule is O=C(c1ccc(N2CCN(C3CCC(c4ccccc4)CC3)CC2)cc1)n1nnc2ccccc21. The summed E-state index contributed by atoms with van der Waals surface area (Å²) < 4.78 is 1.38. The van der Waals surface area contributed by atoms with Gasteiger partial charge in [-0.3, -0.25) is 9.69 Å². The van der Waals surface area contributed by atoms with Gasteiger partial charge in [-0.05, 0) is 73.6 Å². The van der Waals surface area contributed by atoms with Crippen LogP contribution in [0.25, 0.3) is 11.0 Å². The van der Waals surface area contributed by atoms with Crippen molar-refractivity contribution < 1.29 is 4.79 Å². The van der Waals surface area contributed by atoms with Crippen molar-refractivity contribution in [1.82, 2.24) is 19.9 Å². The Morgan fingerprint density at radius 3 is 2.17 bits per heavy atom. The van der Waals surface area contributed by atoms with Crippen molar-refractivity contribution in [3.63, 3.8) is 0 Å². The molecule has 2 heterocycles. The van der Waals surface area contributed by atoms with E-state index in [0.29, 0.717) is 5.56 Å². The number of hydrogen-bond donors (Lipinski definition) is 0. The molecule has 6 heteroatoms. The summed E-state index contributed by atoms with van der Waals surface area (Å²) in [6.45, 7) is 4.26. The molecule has 6 rings (SSSR count). The highest BCUT2D eigenvalue weighted by Gasteiger charge is 2.29. The van der Waals surface area contributed by atoms with Crippen LogP contribution in [0.5, 0.6) is 0 Å². The summed E-state index contributed by atoms with van der Waals surface area (Å²) in [5, 5.41) is 8.16. The van der Waals surface area contributed by atoms with E-state index in [1.54, 1.807) is 0 Å². The first-order valence-electron chi connectivity index (χ1n) is 12.8. The Morgan fingerprint density at radius 2 is 1.43 bits per heavy atom. The maximum Gasteiger partial charge on any atom is 0.280 e. The topological polar surface area (TPSA) is 54.3 Å². The molecule has 35 heavy (non-hydrogen) atoms. The number of carbonyl (C=O) groups is 1. The second-order valence-electron chi connectivity index (χ2n) is 9.78. The minimum Gasteiger partial charge on any atom is -0.369 e. The lowest BCUT2D eigenvalue weighted by Gasteiger charge is -2.42. The molecule has 4 aromatic rings. The lowest BCUT2D eigenvalue weighted by molar-refractivity contribution is 0.0948. The molecule has 0 N–H and O–H groups in total. The van der Waals surface area contributed by atoms with Gasteiger partial charge in [-0.15, -0.1) is 5.10 Å². The molecule has 0 unspecified atom stereocenters. The first kappa shape index (κ1) is 22.0. The molecule has 178 valence electrons. The minimum absolute atomic E-state index is 0.152. The smallest absolute Gasteiger partial charge is 0.280 e. The Morgan fingerprint density at radius 1 is 0.743 bits per heavy atom. The number of carbonyl (C=O) groups excluding carboxylic acids is 1. The number of benzene rings is 3. The van der Waals surface area contributed by atoms with Crippen LogP contribution in [0.1, 0.15) is 47.5 Å². The Bertz CT molecular complexity index is 1280. The highest BCUT2D eigenvalue weighted by atomic mass is 16.2. The quantitative estimate of drug-likeness (QED) is 0.426. The largest absolute Gasteiger partial charge is 0.369 e. The molecule has 1 aliphatic carbocycles. The van der Waals surface area contributed by atoms with E-state index in [1.807, 2.05) is 36.4 Å². The minimum atomic E-state index is -0.152. The van der Waals surface area contributed by atoms with Gasteiger partial charge in [-0.25, -0.2) is 0 Å². The zero-order chi connectivity index (χ0) is 23.6. The highest BCUT2D eigenvalue weighted by Crippen LogP contribution is 2.35. The third kappa shape index (κ3) is 4.46. The third-order valence-corrected chi connectivity index (χ3v) is 7.82. The number of hydrogen-bond acceptors (Lipinski definition) is 5. The van der Waals surface area contributed by atoms with Crippen LogP contribution in [0.3, 0.4) is 0 Å². The Balaban J connectivity index is 1.04. The molecule has 1 saturated heterocycles. The van der Waals surface area contributed by atoms with E-state index in [2.05, 4.69) is 62.6 Å². The van der Waals surface area contributed by atoms with Gasteiger partial charge >= 0.3 is 0 Å². The van der Waals surface area contributed by atoms with Gasteiger partial charge in [0.1, 0.15) is 5.52 Å². The first-order chi connectivity index (χ1) is 17.3. The third-order valence-electron chi connectivity index (χ3n) is 7.82. The lowest BCUT2D eigenvalue weighted by Crippen LogP contribution is -2.51. The molecule has 0 spiro atoms. The summed E-state index contributed by atoms with van der Waals surface area (Å²) >= 11 is 0. The number of anilines is 1.